The van der Waals surface area contributed by atoms with Crippen molar-refractivity contribution in [2.75, 3.05) is 23.3 Å². The fourth-order valence-electron chi connectivity index (χ4n) is 3.35. The van der Waals surface area contributed by atoms with Crippen LogP contribution in [0.5, 0.6) is 0 Å². The van der Waals surface area contributed by atoms with Crippen LogP contribution in [0.1, 0.15) is 38.2 Å². The molecule has 4 heteroatoms. The van der Waals surface area contributed by atoms with E-state index in [2.05, 4.69) is 29.3 Å². The zero-order chi connectivity index (χ0) is 18.4. The van der Waals surface area contributed by atoms with Gasteiger partial charge in [-0.25, -0.2) is 0 Å². The van der Waals surface area contributed by atoms with Crippen LogP contribution in [0.25, 0.3) is 0 Å². The van der Waals surface area contributed by atoms with E-state index in [1.54, 1.807) is 0 Å². The van der Waals surface area contributed by atoms with Crippen molar-refractivity contribution in [2.45, 2.75) is 39.0 Å². The Morgan fingerprint density at radius 1 is 1.08 bits per heavy atom. The summed E-state index contributed by atoms with van der Waals surface area (Å²) >= 11 is 5.89. The van der Waals surface area contributed by atoms with E-state index in [4.69, 9.17) is 11.6 Å². The molecule has 1 amide bonds. The molecule has 0 saturated carbocycles. The number of nitrogens with zero attached hydrogens (tertiary/aromatic N) is 1. The van der Waals surface area contributed by atoms with Crippen LogP contribution in [-0.4, -0.2) is 19.0 Å². The van der Waals surface area contributed by atoms with Crippen LogP contribution < -0.4 is 10.2 Å². The number of amides is 1. The molecule has 3 nitrogen and oxygen atoms in total. The highest BCUT2D eigenvalue weighted by molar-refractivity contribution is 6.30. The van der Waals surface area contributed by atoms with E-state index in [-0.39, 0.29) is 5.91 Å². The molecule has 1 saturated heterocycles. The number of hydrogen-bond acceptors (Lipinski definition) is 2. The third kappa shape index (κ3) is 5.50. The van der Waals surface area contributed by atoms with Crippen molar-refractivity contribution in [1.29, 1.82) is 0 Å². The Kier molecular flexibility index (Phi) is 6.56. The summed E-state index contributed by atoms with van der Waals surface area (Å²) < 4.78 is 0. The van der Waals surface area contributed by atoms with E-state index in [1.807, 2.05) is 36.4 Å². The average Bonchev–Trinajstić information content (AvgIpc) is 2.65. The molecule has 0 aromatic heterocycles. The van der Waals surface area contributed by atoms with Crippen molar-refractivity contribution in [2.24, 2.45) is 5.92 Å². The van der Waals surface area contributed by atoms with Gasteiger partial charge >= 0.3 is 0 Å². The molecule has 0 spiro atoms. The van der Waals surface area contributed by atoms with Crippen LogP contribution in [-0.2, 0) is 11.2 Å². The second-order valence-corrected chi connectivity index (χ2v) is 7.68. The molecule has 26 heavy (non-hydrogen) atoms. The lowest BCUT2D eigenvalue weighted by molar-refractivity contribution is -0.116. The quantitative estimate of drug-likeness (QED) is 0.724. The van der Waals surface area contributed by atoms with Crippen molar-refractivity contribution in [3.05, 3.63) is 59.1 Å². The average molecular weight is 371 g/mol. The molecule has 1 aliphatic rings. The molecular weight excluding hydrogens is 344 g/mol. The number of piperidine rings is 1. The molecule has 1 fully saturated rings. The van der Waals surface area contributed by atoms with Crippen LogP contribution in [0.3, 0.4) is 0 Å². The van der Waals surface area contributed by atoms with Gasteiger partial charge in [-0.05, 0) is 73.6 Å². The van der Waals surface area contributed by atoms with E-state index in [0.29, 0.717) is 6.42 Å². The zero-order valence-corrected chi connectivity index (χ0v) is 16.1. The van der Waals surface area contributed by atoms with Crippen molar-refractivity contribution in [3.63, 3.8) is 0 Å². The fraction of sp³-hybridized carbons (Fsp3) is 0.409. The molecule has 2 aromatic carbocycles. The summed E-state index contributed by atoms with van der Waals surface area (Å²) in [6.45, 7) is 4.57. The van der Waals surface area contributed by atoms with Gasteiger partial charge in [-0.1, -0.05) is 30.7 Å². The summed E-state index contributed by atoms with van der Waals surface area (Å²) in [5.74, 6) is 0.899. The molecule has 0 radical (unpaired) electrons. The lowest BCUT2D eigenvalue weighted by Crippen LogP contribution is -2.32. The van der Waals surface area contributed by atoms with Gasteiger partial charge in [0.1, 0.15) is 0 Å². The van der Waals surface area contributed by atoms with Crippen molar-refractivity contribution >= 4 is 28.9 Å². The summed E-state index contributed by atoms with van der Waals surface area (Å²) in [4.78, 5) is 14.6. The van der Waals surface area contributed by atoms with Crippen LogP contribution in [0.4, 0.5) is 11.4 Å². The van der Waals surface area contributed by atoms with Gasteiger partial charge in [0.2, 0.25) is 5.91 Å². The van der Waals surface area contributed by atoms with Gasteiger partial charge in [0.25, 0.3) is 0 Å². The van der Waals surface area contributed by atoms with Crippen LogP contribution >= 0.6 is 11.6 Å². The summed E-state index contributed by atoms with van der Waals surface area (Å²) in [5, 5.41) is 3.74. The minimum absolute atomic E-state index is 0.0681. The minimum Gasteiger partial charge on any atom is -0.372 e. The third-order valence-corrected chi connectivity index (χ3v) is 5.33. The van der Waals surface area contributed by atoms with E-state index in [9.17, 15) is 4.79 Å². The zero-order valence-electron chi connectivity index (χ0n) is 15.4. The summed E-state index contributed by atoms with van der Waals surface area (Å²) in [6.07, 6.45) is 4.75. The Balaban J connectivity index is 1.43. The van der Waals surface area contributed by atoms with E-state index in [1.165, 1.54) is 24.1 Å². The van der Waals surface area contributed by atoms with E-state index in [0.717, 1.165) is 42.6 Å². The number of carbonyl (C=O) groups is 1. The lowest BCUT2D eigenvalue weighted by Gasteiger charge is -2.32. The van der Waals surface area contributed by atoms with Gasteiger partial charge in [-0.2, -0.15) is 0 Å². The second-order valence-electron chi connectivity index (χ2n) is 7.24. The lowest BCUT2D eigenvalue weighted by atomic mass is 9.99. The number of benzene rings is 2. The predicted octanol–water partition coefficient (Wildman–Crippen LogP) is 5.54. The number of halogens is 1. The standard InChI is InChI=1S/C22H27ClN2O/c1-17-13-15-25(16-14-17)21-11-9-20(10-12-21)24-22(26)4-2-3-18-5-7-19(23)8-6-18/h5-12,17H,2-4,13-16H2,1H3,(H,24,26). The van der Waals surface area contributed by atoms with Gasteiger partial charge in [0.15, 0.2) is 0 Å². The largest absolute Gasteiger partial charge is 0.372 e. The normalized spacial score (nSPS) is 15.1. The smallest absolute Gasteiger partial charge is 0.224 e. The first-order valence-electron chi connectivity index (χ1n) is 9.49. The molecule has 0 unspecified atom stereocenters. The topological polar surface area (TPSA) is 32.3 Å². The maximum atomic E-state index is 12.1. The Morgan fingerprint density at radius 3 is 2.38 bits per heavy atom. The molecule has 1 aliphatic heterocycles. The molecule has 2 aromatic rings. The Hall–Kier alpha value is -2.00. The van der Waals surface area contributed by atoms with Crippen LogP contribution in [0.2, 0.25) is 5.02 Å². The highest BCUT2D eigenvalue weighted by atomic mass is 35.5. The second kappa shape index (κ2) is 9.09. The van der Waals surface area contributed by atoms with E-state index >= 15 is 0 Å². The fourth-order valence-corrected chi connectivity index (χ4v) is 3.48. The molecule has 0 atom stereocenters. The van der Waals surface area contributed by atoms with Crippen molar-refractivity contribution in [3.8, 4) is 0 Å². The van der Waals surface area contributed by atoms with Gasteiger partial charge in [0.05, 0.1) is 0 Å². The number of aryl methyl sites for hydroxylation is 1. The first-order chi connectivity index (χ1) is 12.6. The number of rotatable bonds is 6. The van der Waals surface area contributed by atoms with Gasteiger partial charge in [-0.15, -0.1) is 0 Å². The first kappa shape index (κ1) is 18.8. The molecule has 138 valence electrons. The summed E-state index contributed by atoms with van der Waals surface area (Å²) in [6, 6.07) is 16.0. The SMILES string of the molecule is CC1CCN(c2ccc(NC(=O)CCCc3ccc(Cl)cc3)cc2)CC1. The van der Waals surface area contributed by atoms with Gasteiger partial charge in [0, 0.05) is 35.9 Å². The molecule has 1 heterocycles. The van der Waals surface area contributed by atoms with Crippen LogP contribution in [0.15, 0.2) is 48.5 Å². The summed E-state index contributed by atoms with van der Waals surface area (Å²) in [7, 11) is 0. The molecule has 0 aliphatic carbocycles. The van der Waals surface area contributed by atoms with Crippen LogP contribution in [0, 0.1) is 5.92 Å². The summed E-state index contributed by atoms with van der Waals surface area (Å²) in [5.41, 5.74) is 3.33. The highest BCUT2D eigenvalue weighted by Crippen LogP contribution is 2.24. The maximum Gasteiger partial charge on any atom is 0.224 e. The number of anilines is 2. The van der Waals surface area contributed by atoms with Gasteiger partial charge in [-0.3, -0.25) is 4.79 Å². The predicted molar refractivity (Wildman–Crippen MR) is 110 cm³/mol. The number of carbonyl (C=O) groups excluding carboxylic acids is 1. The number of hydrogen-bond donors (Lipinski definition) is 1. The molecule has 1 N–H and O–H groups in total. The van der Waals surface area contributed by atoms with Crippen molar-refractivity contribution < 1.29 is 4.79 Å². The molecule has 0 bridgehead atoms. The monoisotopic (exact) mass is 370 g/mol. The molecule has 3 rings (SSSR count). The van der Waals surface area contributed by atoms with Crippen molar-refractivity contribution in [1.82, 2.24) is 0 Å². The Morgan fingerprint density at radius 2 is 1.73 bits per heavy atom. The number of nitrogens with one attached hydrogen (secondary N) is 1. The Bertz CT molecular complexity index is 704. The highest BCUT2D eigenvalue weighted by Gasteiger charge is 2.15. The third-order valence-electron chi connectivity index (χ3n) is 5.08. The van der Waals surface area contributed by atoms with Gasteiger partial charge < -0.3 is 10.2 Å². The first-order valence-corrected chi connectivity index (χ1v) is 9.87. The van der Waals surface area contributed by atoms with E-state index < -0.39 is 0 Å². The molecular formula is C22H27ClN2O. The Labute approximate surface area is 161 Å². The maximum absolute atomic E-state index is 12.1. The minimum atomic E-state index is 0.0681.